The molecule has 3 aromatic rings. The molecule has 2 N–H and O–H groups in total. The summed E-state index contributed by atoms with van der Waals surface area (Å²) in [6.07, 6.45) is 3.48. The van der Waals surface area contributed by atoms with E-state index in [2.05, 4.69) is 25.6 Å². The standard InChI is InChI=1S/C20H20FN5O/c1-22-20(26-14-17-4-2-3-11-23-17)25-13-15-5-10-19(24-12-15)27-18-8-6-16(21)7-9-18/h2-12H,13-14H2,1H3,(H2,22,25,26). The summed E-state index contributed by atoms with van der Waals surface area (Å²) < 4.78 is 18.5. The van der Waals surface area contributed by atoms with E-state index in [1.54, 1.807) is 37.6 Å². The number of rotatable bonds is 6. The minimum atomic E-state index is -0.304. The number of nitrogens with one attached hydrogen (secondary N) is 2. The minimum absolute atomic E-state index is 0.304. The first-order chi connectivity index (χ1) is 13.2. The van der Waals surface area contributed by atoms with E-state index in [0.717, 1.165) is 11.3 Å². The molecule has 0 spiro atoms. The van der Waals surface area contributed by atoms with Crippen LogP contribution in [0.4, 0.5) is 4.39 Å². The number of guanidine groups is 1. The molecule has 6 nitrogen and oxygen atoms in total. The van der Waals surface area contributed by atoms with Crippen molar-refractivity contribution in [3.8, 4) is 11.6 Å². The summed E-state index contributed by atoms with van der Waals surface area (Å²) in [5.41, 5.74) is 1.91. The van der Waals surface area contributed by atoms with Crippen LogP contribution in [-0.4, -0.2) is 23.0 Å². The summed E-state index contributed by atoms with van der Waals surface area (Å²) in [4.78, 5) is 12.7. The van der Waals surface area contributed by atoms with Gasteiger partial charge in [-0.05, 0) is 42.0 Å². The van der Waals surface area contributed by atoms with Gasteiger partial charge in [0.15, 0.2) is 5.96 Å². The smallest absolute Gasteiger partial charge is 0.219 e. The monoisotopic (exact) mass is 365 g/mol. The maximum atomic E-state index is 12.9. The lowest BCUT2D eigenvalue weighted by Gasteiger charge is -2.12. The molecule has 1 aromatic carbocycles. The maximum absolute atomic E-state index is 12.9. The van der Waals surface area contributed by atoms with Crippen LogP contribution in [0.1, 0.15) is 11.3 Å². The number of aromatic nitrogens is 2. The Morgan fingerprint density at radius 1 is 1.00 bits per heavy atom. The first kappa shape index (κ1) is 18.3. The fraction of sp³-hybridized carbons (Fsp3) is 0.150. The Balaban J connectivity index is 1.49. The van der Waals surface area contributed by atoms with Gasteiger partial charge in [-0.3, -0.25) is 9.98 Å². The molecule has 0 radical (unpaired) electrons. The van der Waals surface area contributed by atoms with Gasteiger partial charge in [0, 0.05) is 32.1 Å². The molecule has 0 saturated carbocycles. The van der Waals surface area contributed by atoms with E-state index in [4.69, 9.17) is 4.74 Å². The first-order valence-electron chi connectivity index (χ1n) is 8.46. The van der Waals surface area contributed by atoms with Gasteiger partial charge in [0.2, 0.25) is 5.88 Å². The third kappa shape index (κ3) is 5.78. The zero-order chi connectivity index (χ0) is 18.9. The average Bonchev–Trinajstić information content (AvgIpc) is 2.72. The van der Waals surface area contributed by atoms with Gasteiger partial charge in [0.1, 0.15) is 11.6 Å². The van der Waals surface area contributed by atoms with Crippen molar-refractivity contribution >= 4 is 5.96 Å². The molecular weight excluding hydrogens is 345 g/mol. The van der Waals surface area contributed by atoms with E-state index in [1.807, 2.05) is 24.3 Å². The zero-order valence-electron chi connectivity index (χ0n) is 14.9. The molecule has 0 aliphatic heterocycles. The second-order valence-electron chi connectivity index (χ2n) is 5.66. The first-order valence-corrected chi connectivity index (χ1v) is 8.46. The topological polar surface area (TPSA) is 71.4 Å². The van der Waals surface area contributed by atoms with Crippen LogP contribution in [0.2, 0.25) is 0 Å². The van der Waals surface area contributed by atoms with E-state index in [9.17, 15) is 4.39 Å². The highest BCUT2D eigenvalue weighted by Crippen LogP contribution is 2.19. The number of benzene rings is 1. The summed E-state index contributed by atoms with van der Waals surface area (Å²) in [5, 5.41) is 6.43. The summed E-state index contributed by atoms with van der Waals surface area (Å²) in [6, 6.07) is 15.3. The van der Waals surface area contributed by atoms with E-state index >= 15 is 0 Å². The fourth-order valence-corrected chi connectivity index (χ4v) is 2.28. The normalized spacial score (nSPS) is 11.1. The van der Waals surface area contributed by atoms with Crippen molar-refractivity contribution in [3.05, 3.63) is 84.1 Å². The van der Waals surface area contributed by atoms with Crippen molar-refractivity contribution in [1.82, 2.24) is 20.6 Å². The van der Waals surface area contributed by atoms with Crippen LogP contribution in [0.25, 0.3) is 0 Å². The van der Waals surface area contributed by atoms with E-state index in [-0.39, 0.29) is 5.82 Å². The van der Waals surface area contributed by atoms with Crippen LogP contribution >= 0.6 is 0 Å². The third-order valence-electron chi connectivity index (χ3n) is 3.68. The Bertz CT molecular complexity index is 867. The van der Waals surface area contributed by atoms with Crippen LogP contribution in [0.15, 0.2) is 72.0 Å². The van der Waals surface area contributed by atoms with E-state index < -0.39 is 0 Å². The molecule has 0 atom stereocenters. The lowest BCUT2D eigenvalue weighted by atomic mass is 10.3. The van der Waals surface area contributed by atoms with Crippen LogP contribution in [-0.2, 0) is 13.1 Å². The van der Waals surface area contributed by atoms with Gasteiger partial charge in [-0.15, -0.1) is 0 Å². The quantitative estimate of drug-likeness (QED) is 0.518. The Morgan fingerprint density at radius 2 is 1.81 bits per heavy atom. The number of aliphatic imine (C=N–C) groups is 1. The van der Waals surface area contributed by atoms with Crippen LogP contribution in [0.3, 0.4) is 0 Å². The molecule has 0 amide bonds. The Kier molecular flexibility index (Phi) is 6.30. The lowest BCUT2D eigenvalue weighted by molar-refractivity contribution is 0.461. The van der Waals surface area contributed by atoms with Gasteiger partial charge in [0.05, 0.1) is 12.2 Å². The van der Waals surface area contributed by atoms with Crippen molar-refractivity contribution in [2.75, 3.05) is 7.05 Å². The molecule has 138 valence electrons. The van der Waals surface area contributed by atoms with Gasteiger partial charge in [0.25, 0.3) is 0 Å². The van der Waals surface area contributed by atoms with Crippen molar-refractivity contribution < 1.29 is 9.13 Å². The molecule has 0 aliphatic carbocycles. The molecule has 27 heavy (non-hydrogen) atoms. The molecule has 3 rings (SSSR count). The highest BCUT2D eigenvalue weighted by atomic mass is 19.1. The Labute approximate surface area is 157 Å². The number of hydrogen-bond donors (Lipinski definition) is 2. The third-order valence-corrected chi connectivity index (χ3v) is 3.68. The molecule has 7 heteroatoms. The van der Waals surface area contributed by atoms with Crippen LogP contribution in [0.5, 0.6) is 11.6 Å². The van der Waals surface area contributed by atoms with E-state index in [1.165, 1.54) is 12.1 Å². The van der Waals surface area contributed by atoms with Gasteiger partial charge >= 0.3 is 0 Å². The molecule has 2 heterocycles. The lowest BCUT2D eigenvalue weighted by Crippen LogP contribution is -2.36. The van der Waals surface area contributed by atoms with Gasteiger partial charge in [-0.2, -0.15) is 0 Å². The molecule has 0 fully saturated rings. The minimum Gasteiger partial charge on any atom is -0.439 e. The van der Waals surface area contributed by atoms with Crippen LogP contribution in [0, 0.1) is 5.82 Å². The maximum Gasteiger partial charge on any atom is 0.219 e. The van der Waals surface area contributed by atoms with Crippen molar-refractivity contribution in [2.45, 2.75) is 13.1 Å². The predicted molar refractivity (Wildman–Crippen MR) is 102 cm³/mol. The summed E-state index contributed by atoms with van der Waals surface area (Å²) >= 11 is 0. The second kappa shape index (κ2) is 9.28. The molecule has 0 saturated heterocycles. The summed E-state index contributed by atoms with van der Waals surface area (Å²) in [7, 11) is 1.71. The van der Waals surface area contributed by atoms with Crippen molar-refractivity contribution in [3.63, 3.8) is 0 Å². The number of nitrogens with zero attached hydrogens (tertiary/aromatic N) is 3. The molecular formula is C20H20FN5O. The van der Waals surface area contributed by atoms with Crippen molar-refractivity contribution in [2.24, 2.45) is 4.99 Å². The predicted octanol–water partition coefficient (Wildman–Crippen LogP) is 3.27. The van der Waals surface area contributed by atoms with Gasteiger partial charge < -0.3 is 15.4 Å². The average molecular weight is 365 g/mol. The number of pyridine rings is 2. The SMILES string of the molecule is CN=C(NCc1ccc(Oc2ccc(F)cc2)nc1)NCc1ccccn1. The summed E-state index contributed by atoms with van der Waals surface area (Å²) in [6.45, 7) is 1.15. The molecule has 0 bridgehead atoms. The van der Waals surface area contributed by atoms with Gasteiger partial charge in [-0.1, -0.05) is 12.1 Å². The molecule has 0 unspecified atom stereocenters. The largest absolute Gasteiger partial charge is 0.439 e. The Hall–Kier alpha value is -3.48. The number of hydrogen-bond acceptors (Lipinski definition) is 4. The highest BCUT2D eigenvalue weighted by molar-refractivity contribution is 5.79. The van der Waals surface area contributed by atoms with E-state index in [0.29, 0.717) is 30.7 Å². The second-order valence-corrected chi connectivity index (χ2v) is 5.66. The number of halogens is 1. The van der Waals surface area contributed by atoms with Gasteiger partial charge in [-0.25, -0.2) is 9.37 Å². The zero-order valence-corrected chi connectivity index (χ0v) is 14.9. The van der Waals surface area contributed by atoms with Crippen LogP contribution < -0.4 is 15.4 Å². The number of ether oxygens (including phenoxy) is 1. The molecule has 2 aromatic heterocycles. The summed E-state index contributed by atoms with van der Waals surface area (Å²) in [5.74, 6) is 1.35. The highest BCUT2D eigenvalue weighted by Gasteiger charge is 2.02. The molecule has 0 aliphatic rings. The van der Waals surface area contributed by atoms with Crippen molar-refractivity contribution in [1.29, 1.82) is 0 Å². The fourth-order valence-electron chi connectivity index (χ4n) is 2.28. The Morgan fingerprint density at radius 3 is 2.48 bits per heavy atom.